The van der Waals surface area contributed by atoms with Gasteiger partial charge in [0.25, 0.3) is 0 Å². The van der Waals surface area contributed by atoms with Gasteiger partial charge in [0, 0.05) is 12.6 Å². The van der Waals surface area contributed by atoms with Crippen LogP contribution in [0.15, 0.2) is 35.2 Å². The summed E-state index contributed by atoms with van der Waals surface area (Å²) >= 11 is 0. The van der Waals surface area contributed by atoms with Gasteiger partial charge < -0.3 is 10.6 Å². The van der Waals surface area contributed by atoms with Gasteiger partial charge in [-0.15, -0.1) is 0 Å². The van der Waals surface area contributed by atoms with Crippen molar-refractivity contribution in [2.45, 2.75) is 43.0 Å². The Morgan fingerprint density at radius 1 is 1.13 bits per heavy atom. The van der Waals surface area contributed by atoms with Crippen LogP contribution < -0.4 is 10.6 Å². The SMILES string of the molecule is O=C(NCCCS(=O)(=O)c1ccccc1)N[C@@H]1C[C@H]2CC[C@H]1C2. The van der Waals surface area contributed by atoms with Crippen molar-refractivity contribution in [3.63, 3.8) is 0 Å². The Bertz CT molecular complexity index is 645. The standard InChI is InChI=1S/C17H24N2O3S/c20-17(19-16-12-13-7-8-14(16)11-13)18-9-4-10-23(21,22)15-5-2-1-3-6-15/h1-3,5-6,13-14,16H,4,7-12H2,(H2,18,19,20)/t13-,14-,16+/m0/s1. The molecule has 23 heavy (non-hydrogen) atoms. The zero-order chi connectivity index (χ0) is 16.3. The number of fused-ring (bicyclic) bond motifs is 2. The molecule has 1 aromatic carbocycles. The third kappa shape index (κ3) is 4.05. The summed E-state index contributed by atoms with van der Waals surface area (Å²) in [6.07, 6.45) is 5.30. The molecule has 0 unspecified atom stereocenters. The average molecular weight is 336 g/mol. The molecule has 0 saturated heterocycles. The van der Waals surface area contributed by atoms with E-state index in [1.807, 2.05) is 0 Å². The van der Waals surface area contributed by atoms with E-state index >= 15 is 0 Å². The summed E-state index contributed by atoms with van der Waals surface area (Å²) in [5, 5.41) is 5.82. The van der Waals surface area contributed by atoms with Gasteiger partial charge in [0.15, 0.2) is 9.84 Å². The average Bonchev–Trinajstić information content (AvgIpc) is 3.15. The van der Waals surface area contributed by atoms with Crippen LogP contribution in [0.4, 0.5) is 4.79 Å². The second-order valence-corrected chi connectivity index (χ2v) is 8.78. The second-order valence-electron chi connectivity index (χ2n) is 6.67. The maximum absolute atomic E-state index is 12.1. The molecule has 2 amide bonds. The summed E-state index contributed by atoms with van der Waals surface area (Å²) in [5.41, 5.74) is 0. The number of sulfone groups is 1. The van der Waals surface area contributed by atoms with Crippen molar-refractivity contribution in [3.05, 3.63) is 30.3 Å². The van der Waals surface area contributed by atoms with Gasteiger partial charge in [0.2, 0.25) is 0 Å². The smallest absolute Gasteiger partial charge is 0.315 e. The Balaban J connectivity index is 1.37. The van der Waals surface area contributed by atoms with E-state index in [1.54, 1.807) is 30.3 Å². The van der Waals surface area contributed by atoms with E-state index in [-0.39, 0.29) is 11.8 Å². The van der Waals surface area contributed by atoms with Crippen molar-refractivity contribution >= 4 is 15.9 Å². The predicted molar refractivity (Wildman–Crippen MR) is 88.9 cm³/mol. The first-order chi connectivity index (χ1) is 11.0. The fourth-order valence-corrected chi connectivity index (χ4v) is 5.18. The Morgan fingerprint density at radius 3 is 2.57 bits per heavy atom. The van der Waals surface area contributed by atoms with E-state index in [4.69, 9.17) is 0 Å². The van der Waals surface area contributed by atoms with E-state index in [2.05, 4.69) is 10.6 Å². The van der Waals surface area contributed by atoms with Crippen molar-refractivity contribution in [1.82, 2.24) is 10.6 Å². The molecule has 0 spiro atoms. The van der Waals surface area contributed by atoms with Gasteiger partial charge in [0.1, 0.15) is 0 Å². The summed E-state index contributed by atoms with van der Waals surface area (Å²) in [6.45, 7) is 0.374. The molecule has 6 heteroatoms. The molecule has 5 nitrogen and oxygen atoms in total. The maximum Gasteiger partial charge on any atom is 0.315 e. The van der Waals surface area contributed by atoms with Crippen LogP contribution in [0, 0.1) is 11.8 Å². The molecule has 0 aliphatic heterocycles. The molecule has 1 aromatic rings. The molecule has 0 radical (unpaired) electrons. The molecule has 0 heterocycles. The highest BCUT2D eigenvalue weighted by Crippen LogP contribution is 2.44. The molecule has 3 atom stereocenters. The number of nitrogens with one attached hydrogen (secondary N) is 2. The van der Waals surface area contributed by atoms with Crippen LogP contribution in [0.1, 0.15) is 32.1 Å². The topological polar surface area (TPSA) is 75.3 Å². The number of carbonyl (C=O) groups excluding carboxylic acids is 1. The highest BCUT2D eigenvalue weighted by molar-refractivity contribution is 7.91. The van der Waals surface area contributed by atoms with Crippen molar-refractivity contribution in [2.75, 3.05) is 12.3 Å². The summed E-state index contributed by atoms with van der Waals surface area (Å²) in [5.74, 6) is 1.48. The fourth-order valence-electron chi connectivity index (χ4n) is 3.85. The Labute approximate surface area is 137 Å². The molecule has 2 N–H and O–H groups in total. The van der Waals surface area contributed by atoms with Crippen LogP contribution in [-0.2, 0) is 9.84 Å². The lowest BCUT2D eigenvalue weighted by atomic mass is 9.95. The molecule has 0 aromatic heterocycles. The number of hydrogen-bond donors (Lipinski definition) is 2. The van der Waals surface area contributed by atoms with E-state index in [9.17, 15) is 13.2 Å². The molecule has 2 aliphatic rings. The first-order valence-corrected chi connectivity index (χ1v) is 10.0. The summed E-state index contributed by atoms with van der Waals surface area (Å²) in [7, 11) is -3.26. The Morgan fingerprint density at radius 2 is 1.91 bits per heavy atom. The number of hydrogen-bond acceptors (Lipinski definition) is 3. The summed E-state index contributed by atoms with van der Waals surface area (Å²) in [6, 6.07) is 8.57. The third-order valence-corrected chi connectivity index (χ3v) is 6.85. The van der Waals surface area contributed by atoms with Crippen molar-refractivity contribution in [2.24, 2.45) is 11.8 Å². The third-order valence-electron chi connectivity index (χ3n) is 5.03. The monoisotopic (exact) mass is 336 g/mol. The largest absolute Gasteiger partial charge is 0.338 e. The molecule has 3 rings (SSSR count). The number of benzene rings is 1. The number of urea groups is 1. The van der Waals surface area contributed by atoms with Gasteiger partial charge in [-0.05, 0) is 49.7 Å². The highest BCUT2D eigenvalue weighted by Gasteiger charge is 2.40. The van der Waals surface area contributed by atoms with Gasteiger partial charge >= 0.3 is 6.03 Å². The molecular formula is C17H24N2O3S. The van der Waals surface area contributed by atoms with Crippen LogP contribution in [0.3, 0.4) is 0 Å². The number of carbonyl (C=O) groups is 1. The number of amides is 2. The summed E-state index contributed by atoms with van der Waals surface area (Å²) in [4.78, 5) is 12.2. The predicted octanol–water partition coefficient (Wildman–Crippen LogP) is 2.34. The van der Waals surface area contributed by atoms with Gasteiger partial charge in [-0.25, -0.2) is 13.2 Å². The summed E-state index contributed by atoms with van der Waals surface area (Å²) < 4.78 is 24.2. The first-order valence-electron chi connectivity index (χ1n) is 8.37. The van der Waals surface area contributed by atoms with Crippen LogP contribution >= 0.6 is 0 Å². The Hall–Kier alpha value is -1.56. The molecular weight excluding hydrogens is 312 g/mol. The van der Waals surface area contributed by atoms with E-state index < -0.39 is 9.84 Å². The van der Waals surface area contributed by atoms with Gasteiger partial charge in [-0.1, -0.05) is 24.6 Å². The molecule has 2 fully saturated rings. The van der Waals surface area contributed by atoms with E-state index in [1.165, 1.54) is 19.3 Å². The van der Waals surface area contributed by atoms with Crippen LogP contribution in [0.5, 0.6) is 0 Å². The van der Waals surface area contributed by atoms with Crippen LogP contribution in [-0.4, -0.2) is 32.8 Å². The minimum atomic E-state index is -3.26. The van der Waals surface area contributed by atoms with Crippen molar-refractivity contribution in [1.29, 1.82) is 0 Å². The maximum atomic E-state index is 12.1. The molecule has 2 saturated carbocycles. The van der Waals surface area contributed by atoms with Gasteiger partial charge in [-0.3, -0.25) is 0 Å². The van der Waals surface area contributed by atoms with E-state index in [0.29, 0.717) is 29.8 Å². The zero-order valence-corrected chi connectivity index (χ0v) is 14.0. The van der Waals surface area contributed by atoms with Gasteiger partial charge in [-0.2, -0.15) is 0 Å². The van der Waals surface area contributed by atoms with E-state index in [0.717, 1.165) is 12.3 Å². The molecule has 126 valence electrons. The van der Waals surface area contributed by atoms with Gasteiger partial charge in [0.05, 0.1) is 10.6 Å². The quantitative estimate of drug-likeness (QED) is 0.783. The normalized spacial score (nSPS) is 26.2. The lowest BCUT2D eigenvalue weighted by Crippen LogP contribution is -2.44. The lowest BCUT2D eigenvalue weighted by Gasteiger charge is -2.23. The van der Waals surface area contributed by atoms with Crippen molar-refractivity contribution in [3.8, 4) is 0 Å². The number of rotatable bonds is 6. The minimum Gasteiger partial charge on any atom is -0.338 e. The molecule has 2 aliphatic carbocycles. The lowest BCUT2D eigenvalue weighted by molar-refractivity contribution is 0.230. The first kappa shape index (κ1) is 16.3. The second kappa shape index (κ2) is 6.91. The van der Waals surface area contributed by atoms with Crippen LogP contribution in [0.2, 0.25) is 0 Å². The fraction of sp³-hybridized carbons (Fsp3) is 0.588. The molecule has 2 bridgehead atoms. The van der Waals surface area contributed by atoms with Crippen molar-refractivity contribution < 1.29 is 13.2 Å². The zero-order valence-electron chi connectivity index (χ0n) is 13.2. The van der Waals surface area contributed by atoms with Crippen LogP contribution in [0.25, 0.3) is 0 Å². The minimum absolute atomic E-state index is 0.0470. The Kier molecular flexibility index (Phi) is 4.90. The highest BCUT2D eigenvalue weighted by atomic mass is 32.2.